The predicted molar refractivity (Wildman–Crippen MR) is 113 cm³/mol. The summed E-state index contributed by atoms with van der Waals surface area (Å²) in [6.45, 7) is 0.725. The van der Waals surface area contributed by atoms with Gasteiger partial charge in [0.25, 0.3) is 0 Å². The third-order valence-electron chi connectivity index (χ3n) is 3.76. The van der Waals surface area contributed by atoms with Gasteiger partial charge in [-0.15, -0.1) is 6.42 Å². The number of rotatable bonds is 8. The first-order valence-corrected chi connectivity index (χ1v) is 9.26. The monoisotopic (exact) mass is 423 g/mol. The number of nitrogens with one attached hydrogen (secondary N) is 1. The molecule has 0 spiro atoms. The number of ether oxygens (including phenoxy) is 2. The Morgan fingerprint density at radius 3 is 2.67 bits per heavy atom. The minimum absolute atomic E-state index is 0.179. The fourth-order valence-electron chi connectivity index (χ4n) is 2.37. The number of thiocarbonyl (C=S) groups is 1. The van der Waals surface area contributed by atoms with Gasteiger partial charge in [0.15, 0.2) is 11.5 Å². The molecule has 1 unspecified atom stereocenters. The van der Waals surface area contributed by atoms with Crippen molar-refractivity contribution < 1.29 is 14.6 Å². The standard InChI is InChI=1S/C20H19Cl2NO3S/c1-3-10-26-17-7-4-13(11-18(17)25-2)8-9-23-20(27)19(24)14-5-6-15(21)16(22)12-14/h1,4-7,11-12,19,24H,8-10H2,2H3,(H,23,27). The van der Waals surface area contributed by atoms with Gasteiger partial charge in [0.2, 0.25) is 0 Å². The summed E-state index contributed by atoms with van der Waals surface area (Å²) in [5.41, 5.74) is 1.61. The van der Waals surface area contributed by atoms with Crippen molar-refractivity contribution >= 4 is 40.4 Å². The molecule has 7 heteroatoms. The van der Waals surface area contributed by atoms with Crippen molar-refractivity contribution in [3.05, 3.63) is 57.6 Å². The maximum atomic E-state index is 10.3. The summed E-state index contributed by atoms with van der Waals surface area (Å²) in [4.78, 5) is 0.314. The minimum atomic E-state index is -0.955. The molecule has 4 nitrogen and oxygen atoms in total. The molecule has 0 fully saturated rings. The van der Waals surface area contributed by atoms with Crippen LogP contribution in [0.1, 0.15) is 17.2 Å². The maximum absolute atomic E-state index is 10.3. The molecule has 0 aliphatic heterocycles. The Hall–Kier alpha value is -1.97. The number of benzene rings is 2. The third kappa shape index (κ3) is 6.02. The first-order chi connectivity index (χ1) is 13.0. The van der Waals surface area contributed by atoms with Crippen molar-refractivity contribution in [2.24, 2.45) is 0 Å². The maximum Gasteiger partial charge on any atom is 0.162 e. The van der Waals surface area contributed by atoms with Crippen LogP contribution in [0.4, 0.5) is 0 Å². The van der Waals surface area contributed by atoms with E-state index in [2.05, 4.69) is 11.2 Å². The SMILES string of the molecule is C#CCOc1ccc(CCNC(=S)C(O)c2ccc(Cl)c(Cl)c2)cc1OC. The lowest BCUT2D eigenvalue weighted by molar-refractivity contribution is 0.246. The van der Waals surface area contributed by atoms with Crippen LogP contribution in [0, 0.1) is 12.3 Å². The molecule has 0 amide bonds. The number of methoxy groups -OCH3 is 1. The highest BCUT2D eigenvalue weighted by Gasteiger charge is 2.14. The zero-order valence-corrected chi connectivity index (χ0v) is 17.0. The Bertz CT molecular complexity index is 852. The molecule has 0 aliphatic rings. The smallest absolute Gasteiger partial charge is 0.162 e. The quantitative estimate of drug-likeness (QED) is 0.491. The molecule has 142 valence electrons. The second-order valence-corrected chi connectivity index (χ2v) is 6.85. The fraction of sp³-hybridized carbons (Fsp3) is 0.250. The zero-order valence-electron chi connectivity index (χ0n) is 14.7. The second kappa shape index (κ2) is 10.4. The van der Waals surface area contributed by atoms with Gasteiger partial charge in [-0.1, -0.05) is 53.5 Å². The lowest BCUT2D eigenvalue weighted by atomic mass is 10.1. The van der Waals surface area contributed by atoms with Crippen molar-refractivity contribution in [1.82, 2.24) is 5.32 Å². The molecular formula is C20H19Cl2NO3S. The summed E-state index contributed by atoms with van der Waals surface area (Å²) >= 11 is 17.1. The summed E-state index contributed by atoms with van der Waals surface area (Å²) < 4.78 is 10.7. The minimum Gasteiger partial charge on any atom is -0.493 e. The van der Waals surface area contributed by atoms with E-state index in [1.807, 2.05) is 18.2 Å². The highest BCUT2D eigenvalue weighted by atomic mass is 35.5. The van der Waals surface area contributed by atoms with Crippen LogP contribution in [-0.4, -0.2) is 30.4 Å². The molecule has 0 heterocycles. The first kappa shape index (κ1) is 21.3. The van der Waals surface area contributed by atoms with Crippen molar-refractivity contribution in [2.75, 3.05) is 20.3 Å². The molecular weight excluding hydrogens is 405 g/mol. The molecule has 27 heavy (non-hydrogen) atoms. The van der Waals surface area contributed by atoms with Gasteiger partial charge in [0.1, 0.15) is 17.7 Å². The first-order valence-electron chi connectivity index (χ1n) is 8.10. The second-order valence-electron chi connectivity index (χ2n) is 5.60. The van der Waals surface area contributed by atoms with Crippen LogP contribution in [0.3, 0.4) is 0 Å². The van der Waals surface area contributed by atoms with E-state index in [1.165, 1.54) is 0 Å². The van der Waals surface area contributed by atoms with Crippen LogP contribution in [0.2, 0.25) is 10.0 Å². The van der Waals surface area contributed by atoms with E-state index in [0.29, 0.717) is 45.1 Å². The number of terminal acetylenes is 1. The van der Waals surface area contributed by atoms with Crippen molar-refractivity contribution in [3.63, 3.8) is 0 Å². The summed E-state index contributed by atoms with van der Waals surface area (Å²) in [6, 6.07) is 10.5. The number of halogens is 2. The average molecular weight is 424 g/mol. The van der Waals surface area contributed by atoms with E-state index in [0.717, 1.165) is 5.56 Å². The highest BCUT2D eigenvalue weighted by molar-refractivity contribution is 7.80. The van der Waals surface area contributed by atoms with Gasteiger partial charge in [0, 0.05) is 6.54 Å². The number of hydrogen-bond donors (Lipinski definition) is 2. The molecule has 2 rings (SSSR count). The van der Waals surface area contributed by atoms with E-state index in [9.17, 15) is 5.11 Å². The van der Waals surface area contributed by atoms with E-state index < -0.39 is 6.10 Å². The number of hydrogen-bond acceptors (Lipinski definition) is 4. The number of aliphatic hydroxyl groups is 1. The van der Waals surface area contributed by atoms with Gasteiger partial charge in [-0.25, -0.2) is 0 Å². The summed E-state index contributed by atoms with van der Waals surface area (Å²) in [5.74, 6) is 3.63. The molecule has 0 bridgehead atoms. The van der Waals surface area contributed by atoms with Gasteiger partial charge >= 0.3 is 0 Å². The van der Waals surface area contributed by atoms with Crippen LogP contribution in [0.25, 0.3) is 0 Å². The number of aliphatic hydroxyl groups excluding tert-OH is 1. The Morgan fingerprint density at radius 2 is 2.00 bits per heavy atom. The summed E-state index contributed by atoms with van der Waals surface area (Å²) in [5, 5.41) is 14.2. The third-order valence-corrected chi connectivity index (χ3v) is 4.87. The van der Waals surface area contributed by atoms with Gasteiger partial charge in [0.05, 0.1) is 17.2 Å². The van der Waals surface area contributed by atoms with Crippen molar-refractivity contribution in [1.29, 1.82) is 0 Å². The Balaban J connectivity index is 1.92. The van der Waals surface area contributed by atoms with E-state index in [4.69, 9.17) is 51.3 Å². The molecule has 0 aliphatic carbocycles. The van der Waals surface area contributed by atoms with Crippen molar-refractivity contribution in [2.45, 2.75) is 12.5 Å². The summed E-state index contributed by atoms with van der Waals surface area (Å²) in [6.07, 6.45) is 4.93. The Labute approximate surface area is 174 Å². The molecule has 1 atom stereocenters. The van der Waals surface area contributed by atoms with Crippen LogP contribution >= 0.6 is 35.4 Å². The average Bonchev–Trinajstić information content (AvgIpc) is 2.68. The lowest BCUT2D eigenvalue weighted by Crippen LogP contribution is -2.29. The Kier molecular flexibility index (Phi) is 8.21. The highest BCUT2D eigenvalue weighted by Crippen LogP contribution is 2.28. The van der Waals surface area contributed by atoms with Crippen LogP contribution in [-0.2, 0) is 6.42 Å². The molecule has 2 N–H and O–H groups in total. The van der Waals surface area contributed by atoms with Gasteiger partial charge in [-0.2, -0.15) is 0 Å². The topological polar surface area (TPSA) is 50.7 Å². The molecule has 0 saturated heterocycles. The van der Waals surface area contributed by atoms with Gasteiger partial charge in [-0.3, -0.25) is 0 Å². The van der Waals surface area contributed by atoms with E-state index in [-0.39, 0.29) is 6.61 Å². The van der Waals surface area contributed by atoms with Crippen molar-refractivity contribution in [3.8, 4) is 23.8 Å². The van der Waals surface area contributed by atoms with Gasteiger partial charge in [-0.05, 0) is 41.8 Å². The van der Waals surface area contributed by atoms with Crippen LogP contribution in [0.5, 0.6) is 11.5 Å². The normalized spacial score (nSPS) is 11.4. The van der Waals surface area contributed by atoms with E-state index in [1.54, 1.807) is 25.3 Å². The lowest BCUT2D eigenvalue weighted by Gasteiger charge is -2.16. The van der Waals surface area contributed by atoms with Crippen LogP contribution < -0.4 is 14.8 Å². The summed E-state index contributed by atoms with van der Waals surface area (Å²) in [7, 11) is 1.57. The Morgan fingerprint density at radius 1 is 1.22 bits per heavy atom. The predicted octanol–water partition coefficient (Wildman–Crippen LogP) is 4.21. The fourth-order valence-corrected chi connectivity index (χ4v) is 2.91. The van der Waals surface area contributed by atoms with Gasteiger partial charge < -0.3 is 19.9 Å². The molecule has 2 aromatic rings. The van der Waals surface area contributed by atoms with Crippen LogP contribution in [0.15, 0.2) is 36.4 Å². The molecule has 0 aromatic heterocycles. The van der Waals surface area contributed by atoms with E-state index >= 15 is 0 Å². The largest absolute Gasteiger partial charge is 0.493 e. The zero-order chi connectivity index (χ0) is 19.8. The molecule has 0 saturated carbocycles. The molecule has 2 aromatic carbocycles. The molecule has 0 radical (unpaired) electrons.